The van der Waals surface area contributed by atoms with Gasteiger partial charge in [-0.3, -0.25) is 0 Å². The molecule has 4 nitrogen and oxygen atoms in total. The van der Waals surface area contributed by atoms with E-state index < -0.39 is 5.97 Å². The molecule has 0 bridgehead atoms. The average molecular weight is 293 g/mol. The first-order chi connectivity index (χ1) is 9.60. The third-order valence-electron chi connectivity index (χ3n) is 2.70. The van der Waals surface area contributed by atoms with Gasteiger partial charge in [0.25, 0.3) is 0 Å². The summed E-state index contributed by atoms with van der Waals surface area (Å²) in [6.07, 6.45) is 0. The number of halogens is 1. The van der Waals surface area contributed by atoms with E-state index in [2.05, 4.69) is 0 Å². The van der Waals surface area contributed by atoms with Gasteiger partial charge < -0.3 is 14.6 Å². The predicted molar refractivity (Wildman–Crippen MR) is 76.6 cm³/mol. The number of aliphatic carboxylic acids is 1. The van der Waals surface area contributed by atoms with Crippen LogP contribution < -0.4 is 9.47 Å². The minimum atomic E-state index is -1.00. The van der Waals surface area contributed by atoms with E-state index in [1.807, 2.05) is 24.3 Å². The van der Waals surface area contributed by atoms with E-state index in [0.717, 1.165) is 11.1 Å². The quantitative estimate of drug-likeness (QED) is 0.916. The van der Waals surface area contributed by atoms with Gasteiger partial charge in [-0.2, -0.15) is 0 Å². The van der Waals surface area contributed by atoms with Crippen molar-refractivity contribution in [2.75, 3.05) is 13.7 Å². The van der Waals surface area contributed by atoms with Gasteiger partial charge in [0.05, 0.1) is 12.1 Å². The van der Waals surface area contributed by atoms with E-state index in [4.69, 9.17) is 26.2 Å². The molecule has 0 saturated heterocycles. The number of carbonyl (C=O) groups is 1. The molecule has 104 valence electrons. The second-order valence-electron chi connectivity index (χ2n) is 4.06. The van der Waals surface area contributed by atoms with E-state index >= 15 is 0 Å². The molecule has 0 heterocycles. The second-order valence-corrected chi connectivity index (χ2v) is 4.46. The fraction of sp³-hybridized carbons (Fsp3) is 0.133. The Balaban J connectivity index is 2.17. The fourth-order valence-electron chi connectivity index (χ4n) is 1.73. The molecule has 0 aromatic heterocycles. The summed E-state index contributed by atoms with van der Waals surface area (Å²) in [6, 6.07) is 12.6. The van der Waals surface area contributed by atoms with E-state index in [-0.39, 0.29) is 6.61 Å². The normalized spacial score (nSPS) is 10.1. The Bertz CT molecular complexity index is 608. The van der Waals surface area contributed by atoms with Crippen molar-refractivity contribution in [1.82, 2.24) is 0 Å². The first kappa shape index (κ1) is 14.2. The minimum Gasteiger partial charge on any atom is -0.495 e. The highest BCUT2D eigenvalue weighted by molar-refractivity contribution is 6.32. The van der Waals surface area contributed by atoms with Gasteiger partial charge in [0.15, 0.2) is 6.61 Å². The number of carboxylic acids is 1. The first-order valence-corrected chi connectivity index (χ1v) is 6.26. The summed E-state index contributed by atoms with van der Waals surface area (Å²) in [6.45, 7) is -0.353. The Morgan fingerprint density at radius 2 is 1.80 bits per heavy atom. The van der Waals surface area contributed by atoms with Gasteiger partial charge in [0.1, 0.15) is 11.5 Å². The van der Waals surface area contributed by atoms with Gasteiger partial charge in [-0.1, -0.05) is 29.8 Å². The third kappa shape index (κ3) is 3.42. The molecule has 0 aliphatic rings. The molecule has 1 N–H and O–H groups in total. The molecule has 0 aliphatic carbocycles. The van der Waals surface area contributed by atoms with Crippen LogP contribution in [0.4, 0.5) is 0 Å². The predicted octanol–water partition coefficient (Wildman–Crippen LogP) is 3.48. The van der Waals surface area contributed by atoms with E-state index in [9.17, 15) is 4.79 Å². The maximum absolute atomic E-state index is 10.4. The van der Waals surface area contributed by atoms with Crippen LogP contribution in [0.2, 0.25) is 5.02 Å². The summed E-state index contributed by atoms with van der Waals surface area (Å²) in [7, 11) is 1.56. The molecular formula is C15H13ClO4. The summed E-state index contributed by atoms with van der Waals surface area (Å²) in [5.74, 6) is 0.128. The highest BCUT2D eigenvalue weighted by atomic mass is 35.5. The van der Waals surface area contributed by atoms with Crippen LogP contribution in [0.15, 0.2) is 42.5 Å². The molecule has 0 unspecified atom stereocenters. The molecule has 5 heteroatoms. The van der Waals surface area contributed by atoms with Gasteiger partial charge in [-0.05, 0) is 35.4 Å². The molecule has 0 radical (unpaired) electrons. The molecule has 20 heavy (non-hydrogen) atoms. The van der Waals surface area contributed by atoms with Crippen molar-refractivity contribution in [3.8, 4) is 22.6 Å². The van der Waals surface area contributed by atoms with E-state index in [1.54, 1.807) is 25.3 Å². The van der Waals surface area contributed by atoms with Crippen molar-refractivity contribution in [3.63, 3.8) is 0 Å². The third-order valence-corrected chi connectivity index (χ3v) is 3.00. The zero-order valence-electron chi connectivity index (χ0n) is 10.8. The Labute approximate surface area is 121 Å². The van der Waals surface area contributed by atoms with E-state index in [0.29, 0.717) is 16.5 Å². The Morgan fingerprint density at radius 3 is 2.35 bits per heavy atom. The van der Waals surface area contributed by atoms with Crippen molar-refractivity contribution < 1.29 is 19.4 Å². The van der Waals surface area contributed by atoms with Gasteiger partial charge in [-0.25, -0.2) is 4.79 Å². The number of ether oxygens (including phenoxy) is 2. The van der Waals surface area contributed by atoms with Crippen molar-refractivity contribution >= 4 is 17.6 Å². The number of rotatable bonds is 5. The van der Waals surface area contributed by atoms with Crippen molar-refractivity contribution in [1.29, 1.82) is 0 Å². The summed E-state index contributed by atoms with van der Waals surface area (Å²) in [5, 5.41) is 9.07. The lowest BCUT2D eigenvalue weighted by atomic mass is 10.1. The Hall–Kier alpha value is -2.20. The largest absolute Gasteiger partial charge is 0.495 e. The SMILES string of the molecule is COc1ccc(-c2ccc(OCC(=O)O)cc2)cc1Cl. The molecule has 0 fully saturated rings. The Kier molecular flexibility index (Phi) is 4.48. The topological polar surface area (TPSA) is 55.8 Å². The van der Waals surface area contributed by atoms with Gasteiger partial charge in [0, 0.05) is 0 Å². The maximum atomic E-state index is 10.4. The van der Waals surface area contributed by atoms with Crippen LogP contribution in [0, 0.1) is 0 Å². The molecule has 0 saturated carbocycles. The highest BCUT2D eigenvalue weighted by Gasteiger charge is 2.05. The molecule has 0 amide bonds. The van der Waals surface area contributed by atoms with Crippen LogP contribution >= 0.6 is 11.6 Å². The van der Waals surface area contributed by atoms with Crippen molar-refractivity contribution in [3.05, 3.63) is 47.5 Å². The maximum Gasteiger partial charge on any atom is 0.341 e. The van der Waals surface area contributed by atoms with E-state index in [1.165, 1.54) is 0 Å². The minimum absolute atomic E-state index is 0.353. The zero-order chi connectivity index (χ0) is 14.5. The average Bonchev–Trinajstić information content (AvgIpc) is 2.45. The lowest BCUT2D eigenvalue weighted by Crippen LogP contribution is -2.09. The van der Waals surface area contributed by atoms with Crippen LogP contribution in [0.5, 0.6) is 11.5 Å². The number of methoxy groups -OCH3 is 1. The summed E-state index contributed by atoms with van der Waals surface area (Å²) in [4.78, 5) is 10.4. The summed E-state index contributed by atoms with van der Waals surface area (Å²) >= 11 is 6.08. The molecule has 0 spiro atoms. The molecule has 2 rings (SSSR count). The highest BCUT2D eigenvalue weighted by Crippen LogP contribution is 2.30. The lowest BCUT2D eigenvalue weighted by molar-refractivity contribution is -0.139. The Morgan fingerprint density at radius 1 is 1.15 bits per heavy atom. The van der Waals surface area contributed by atoms with Crippen molar-refractivity contribution in [2.24, 2.45) is 0 Å². The smallest absolute Gasteiger partial charge is 0.341 e. The van der Waals surface area contributed by atoms with Crippen LogP contribution in [0.3, 0.4) is 0 Å². The number of benzene rings is 2. The van der Waals surface area contributed by atoms with Crippen LogP contribution in [0.1, 0.15) is 0 Å². The summed E-state index contributed by atoms with van der Waals surface area (Å²) in [5.41, 5.74) is 1.90. The molecule has 2 aromatic carbocycles. The van der Waals surface area contributed by atoms with Gasteiger partial charge in [0.2, 0.25) is 0 Å². The molecule has 2 aromatic rings. The number of hydrogen-bond donors (Lipinski definition) is 1. The summed E-state index contributed by atoms with van der Waals surface area (Å²) < 4.78 is 10.2. The van der Waals surface area contributed by atoms with Crippen LogP contribution in [-0.4, -0.2) is 24.8 Å². The van der Waals surface area contributed by atoms with Crippen LogP contribution in [0.25, 0.3) is 11.1 Å². The fourth-order valence-corrected chi connectivity index (χ4v) is 1.99. The standard InChI is InChI=1S/C15H13ClO4/c1-19-14-7-4-11(8-13(14)16)10-2-5-12(6-3-10)20-9-15(17)18/h2-8H,9H2,1H3,(H,17,18). The molecule has 0 aliphatic heterocycles. The van der Waals surface area contributed by atoms with Gasteiger partial charge in [-0.15, -0.1) is 0 Å². The van der Waals surface area contributed by atoms with Gasteiger partial charge >= 0.3 is 5.97 Å². The molecule has 0 atom stereocenters. The van der Waals surface area contributed by atoms with Crippen LogP contribution in [-0.2, 0) is 4.79 Å². The monoisotopic (exact) mass is 292 g/mol. The lowest BCUT2D eigenvalue weighted by Gasteiger charge is -2.08. The van der Waals surface area contributed by atoms with Crippen molar-refractivity contribution in [2.45, 2.75) is 0 Å². The molecular weight excluding hydrogens is 280 g/mol. The number of hydrogen-bond acceptors (Lipinski definition) is 3. The zero-order valence-corrected chi connectivity index (χ0v) is 11.6. The second kappa shape index (κ2) is 6.30. The first-order valence-electron chi connectivity index (χ1n) is 5.88. The number of carboxylic acid groups (broad SMARTS) is 1.